The SMILES string of the molecule is CC(C)(C)c1ccc(-n2pc(C34CC5CC(CC(C5)C3)C4)pc2C23CC4CC(CC(C4)C2)C3)cc1. The Morgan fingerprint density at radius 2 is 1.09 bits per heavy atom. The van der Waals surface area contributed by atoms with Crippen molar-refractivity contribution >= 4 is 16.5 Å². The standard InChI is InChI=1S/C32H43NP2/c1-30(2,3)26-4-6-27(7-5-26)33-28(31-14-20-8-21(15-31)10-22(9-20)16-31)34-29(35-33)32-17-23-11-24(18-32)13-25(12-23)19-32/h4-7,20-25H,8-19H2,1-3H3. The van der Waals surface area contributed by atoms with Crippen molar-refractivity contribution in [3.05, 3.63) is 40.3 Å². The van der Waals surface area contributed by atoms with Crippen molar-refractivity contribution < 1.29 is 0 Å². The molecular formula is C32H43NP2. The number of nitrogens with zero attached hydrogens (tertiary/aromatic N) is 1. The highest BCUT2D eigenvalue weighted by Gasteiger charge is 2.56. The first-order valence-electron chi connectivity index (χ1n) is 14.9. The van der Waals surface area contributed by atoms with Gasteiger partial charge in [-0.05, 0) is 144 Å². The first kappa shape index (κ1) is 22.4. The van der Waals surface area contributed by atoms with Gasteiger partial charge in [0.25, 0.3) is 0 Å². The third kappa shape index (κ3) is 3.46. The molecule has 1 aromatic heterocycles. The summed E-state index contributed by atoms with van der Waals surface area (Å²) in [6.45, 7) is 7.04. The molecule has 0 atom stereocenters. The average Bonchev–Trinajstić information content (AvgIpc) is 3.24. The van der Waals surface area contributed by atoms with Crippen LogP contribution >= 0.6 is 16.5 Å². The predicted octanol–water partition coefficient (Wildman–Crippen LogP) is 9.87. The second-order valence-electron chi connectivity index (χ2n) is 15.4. The first-order valence-corrected chi connectivity index (χ1v) is 16.6. The van der Waals surface area contributed by atoms with Gasteiger partial charge in [0, 0.05) is 29.9 Å². The number of rotatable bonds is 3. The van der Waals surface area contributed by atoms with Crippen molar-refractivity contribution in [3.63, 3.8) is 0 Å². The Kier molecular flexibility index (Phi) is 4.77. The van der Waals surface area contributed by atoms with Crippen LogP contribution in [-0.2, 0) is 16.2 Å². The maximum atomic E-state index is 2.87. The number of hydrogen-bond donors (Lipinski definition) is 0. The van der Waals surface area contributed by atoms with Crippen molar-refractivity contribution in [2.45, 2.75) is 114 Å². The molecule has 0 radical (unpaired) electrons. The zero-order valence-electron chi connectivity index (χ0n) is 22.1. The van der Waals surface area contributed by atoms with E-state index in [1.165, 1.54) is 49.8 Å². The van der Waals surface area contributed by atoms with E-state index in [1.54, 1.807) is 55.1 Å². The monoisotopic (exact) mass is 503 g/mol. The molecule has 8 bridgehead atoms. The molecule has 0 spiro atoms. The topological polar surface area (TPSA) is 4.93 Å². The fraction of sp³-hybridized carbons (Fsp3) is 0.750. The van der Waals surface area contributed by atoms with Crippen molar-refractivity contribution in [2.75, 3.05) is 0 Å². The Bertz CT molecular complexity index is 1080. The van der Waals surface area contributed by atoms with E-state index in [0.29, 0.717) is 10.8 Å². The Labute approximate surface area is 216 Å². The van der Waals surface area contributed by atoms with Crippen LogP contribution in [0.2, 0.25) is 0 Å². The van der Waals surface area contributed by atoms with Crippen LogP contribution in [0.5, 0.6) is 0 Å². The molecule has 10 rings (SSSR count). The minimum Gasteiger partial charge on any atom is -0.291 e. The Morgan fingerprint density at radius 1 is 0.657 bits per heavy atom. The fourth-order valence-corrected chi connectivity index (χ4v) is 14.6. The molecule has 8 aliphatic carbocycles. The minimum atomic E-state index is 0.225. The van der Waals surface area contributed by atoms with E-state index in [9.17, 15) is 0 Å². The van der Waals surface area contributed by atoms with Gasteiger partial charge in [-0.1, -0.05) is 32.9 Å². The van der Waals surface area contributed by atoms with E-state index in [-0.39, 0.29) is 5.41 Å². The van der Waals surface area contributed by atoms with E-state index in [4.69, 9.17) is 0 Å². The predicted molar refractivity (Wildman–Crippen MR) is 149 cm³/mol. The van der Waals surface area contributed by atoms with Crippen LogP contribution in [0.1, 0.15) is 114 Å². The van der Waals surface area contributed by atoms with Gasteiger partial charge >= 0.3 is 0 Å². The third-order valence-electron chi connectivity index (χ3n) is 11.6. The van der Waals surface area contributed by atoms with E-state index in [0.717, 1.165) is 35.5 Å². The molecule has 2 aromatic rings. The summed E-state index contributed by atoms with van der Waals surface area (Å²) >= 11 is 0. The van der Waals surface area contributed by atoms with Crippen LogP contribution in [0, 0.1) is 35.5 Å². The summed E-state index contributed by atoms with van der Waals surface area (Å²) in [5, 5.41) is 1.93. The number of benzene rings is 1. The molecular weight excluding hydrogens is 460 g/mol. The maximum absolute atomic E-state index is 2.87. The quantitative estimate of drug-likeness (QED) is 0.393. The summed E-state index contributed by atoms with van der Waals surface area (Å²) in [6, 6.07) is 9.82. The van der Waals surface area contributed by atoms with Crippen molar-refractivity contribution in [2.24, 2.45) is 35.5 Å². The molecule has 8 aliphatic rings. The largest absolute Gasteiger partial charge is 0.291 e. The van der Waals surface area contributed by atoms with E-state index < -0.39 is 0 Å². The Morgan fingerprint density at radius 3 is 1.51 bits per heavy atom. The van der Waals surface area contributed by atoms with Gasteiger partial charge in [0.2, 0.25) is 0 Å². The molecule has 186 valence electrons. The fourth-order valence-electron chi connectivity index (χ4n) is 10.9. The van der Waals surface area contributed by atoms with Gasteiger partial charge in [0.05, 0.1) is 5.43 Å². The van der Waals surface area contributed by atoms with Crippen LogP contribution in [0.15, 0.2) is 24.3 Å². The summed E-state index contributed by atoms with van der Waals surface area (Å²) in [5.41, 5.74) is 6.12. The summed E-state index contributed by atoms with van der Waals surface area (Å²) in [6.07, 6.45) is 18.4. The summed E-state index contributed by atoms with van der Waals surface area (Å²) in [7, 11) is 3.25. The van der Waals surface area contributed by atoms with Crippen molar-refractivity contribution in [3.8, 4) is 5.69 Å². The first-order chi connectivity index (χ1) is 16.8. The van der Waals surface area contributed by atoms with Gasteiger partial charge in [-0.2, -0.15) is 0 Å². The molecule has 8 fully saturated rings. The van der Waals surface area contributed by atoms with Crippen LogP contribution in [0.4, 0.5) is 0 Å². The molecule has 0 N–H and O–H groups in total. The minimum absolute atomic E-state index is 0.225. The van der Waals surface area contributed by atoms with Crippen molar-refractivity contribution in [1.29, 1.82) is 0 Å². The Balaban J connectivity index is 1.26. The lowest BCUT2D eigenvalue weighted by molar-refractivity contribution is -0.00587. The van der Waals surface area contributed by atoms with Crippen LogP contribution in [0.3, 0.4) is 0 Å². The zero-order chi connectivity index (χ0) is 23.6. The third-order valence-corrected chi connectivity index (χ3v) is 15.2. The summed E-state index contributed by atoms with van der Waals surface area (Å²) < 4.78 is 2.87. The number of aromatic nitrogens is 1. The van der Waals surface area contributed by atoms with E-state index in [1.807, 2.05) is 10.5 Å². The molecule has 0 amide bonds. The molecule has 0 saturated heterocycles. The Hall–Kier alpha value is -0.640. The second-order valence-corrected chi connectivity index (χ2v) is 17.9. The molecule has 1 aromatic carbocycles. The van der Waals surface area contributed by atoms with Crippen LogP contribution < -0.4 is 0 Å². The normalized spacial score (nSPS) is 43.7. The second kappa shape index (κ2) is 7.48. The zero-order valence-corrected chi connectivity index (χ0v) is 23.9. The van der Waals surface area contributed by atoms with Crippen molar-refractivity contribution in [1.82, 2.24) is 4.33 Å². The van der Waals surface area contributed by atoms with Gasteiger partial charge in [-0.15, -0.1) is 0 Å². The lowest BCUT2D eigenvalue weighted by Crippen LogP contribution is -2.49. The average molecular weight is 504 g/mol. The van der Waals surface area contributed by atoms with Gasteiger partial charge in [-0.25, -0.2) is 0 Å². The van der Waals surface area contributed by atoms with Gasteiger partial charge in [-0.3, -0.25) is 4.33 Å². The van der Waals surface area contributed by atoms with E-state index >= 15 is 0 Å². The van der Waals surface area contributed by atoms with Crippen LogP contribution in [-0.4, -0.2) is 4.33 Å². The molecule has 1 nitrogen and oxygen atoms in total. The highest BCUT2D eigenvalue weighted by atomic mass is 31.1. The lowest BCUT2D eigenvalue weighted by Gasteiger charge is -2.57. The lowest BCUT2D eigenvalue weighted by atomic mass is 9.50. The molecule has 35 heavy (non-hydrogen) atoms. The van der Waals surface area contributed by atoms with Crippen LogP contribution in [0.25, 0.3) is 5.69 Å². The summed E-state index contributed by atoms with van der Waals surface area (Å²) in [5.74, 6) is 6.20. The van der Waals surface area contributed by atoms with Gasteiger partial charge in [0.1, 0.15) is 0 Å². The van der Waals surface area contributed by atoms with Gasteiger partial charge < -0.3 is 0 Å². The highest BCUT2D eigenvalue weighted by Crippen LogP contribution is 2.67. The molecule has 3 heteroatoms. The summed E-state index contributed by atoms with van der Waals surface area (Å²) in [4.78, 5) is 0. The highest BCUT2D eigenvalue weighted by molar-refractivity contribution is 7.47. The van der Waals surface area contributed by atoms with Gasteiger partial charge in [0.15, 0.2) is 0 Å². The molecule has 8 saturated carbocycles. The maximum Gasteiger partial charge on any atom is 0.0608 e. The van der Waals surface area contributed by atoms with E-state index in [2.05, 4.69) is 49.4 Å². The smallest absolute Gasteiger partial charge is 0.0608 e. The molecule has 0 unspecified atom stereocenters. The molecule has 0 aliphatic heterocycles. The molecule has 1 heterocycles. The number of hydrogen-bond acceptors (Lipinski definition) is 0.